The van der Waals surface area contributed by atoms with Crippen LogP contribution in [0, 0.1) is 5.82 Å². The Morgan fingerprint density at radius 2 is 2.03 bits per heavy atom. The summed E-state index contributed by atoms with van der Waals surface area (Å²) in [5.74, 6) is 1.30. The minimum absolute atomic E-state index is 0.0887. The normalized spacial score (nSPS) is 16.6. The first-order chi connectivity index (χ1) is 15.2. The van der Waals surface area contributed by atoms with Crippen LogP contribution in [0.25, 0.3) is 16.9 Å². The molecule has 0 saturated carbocycles. The number of hydrogen-bond acceptors (Lipinski definition) is 5. The maximum atomic E-state index is 13.5. The minimum atomic E-state index is -0.247. The van der Waals surface area contributed by atoms with Gasteiger partial charge in [0.25, 0.3) is 0 Å². The van der Waals surface area contributed by atoms with Gasteiger partial charge in [0, 0.05) is 11.6 Å². The van der Waals surface area contributed by atoms with Crippen LogP contribution in [0.5, 0.6) is 5.75 Å². The number of nitrogens with one attached hydrogen (secondary N) is 2. The first-order valence-corrected chi connectivity index (χ1v) is 10.5. The number of halogens is 1. The molecule has 2 N–H and O–H groups in total. The predicted octanol–water partition coefficient (Wildman–Crippen LogP) is 4.45. The van der Waals surface area contributed by atoms with Crippen molar-refractivity contribution in [2.75, 3.05) is 18.5 Å². The lowest BCUT2D eigenvalue weighted by molar-refractivity contribution is 0.217. The van der Waals surface area contributed by atoms with E-state index in [9.17, 15) is 4.39 Å². The van der Waals surface area contributed by atoms with Gasteiger partial charge in [0.2, 0.25) is 0 Å². The number of nitrogens with zero attached hydrogens (tertiary/aromatic N) is 3. The van der Waals surface area contributed by atoms with Crippen molar-refractivity contribution in [3.63, 3.8) is 0 Å². The maximum absolute atomic E-state index is 13.5. The van der Waals surface area contributed by atoms with Crippen molar-refractivity contribution in [3.05, 3.63) is 78.2 Å². The van der Waals surface area contributed by atoms with Gasteiger partial charge in [-0.15, -0.1) is 5.10 Å². The number of ether oxygens (including phenoxy) is 1. The molecule has 7 heteroatoms. The highest BCUT2D eigenvalue weighted by atomic mass is 19.1. The Balaban J connectivity index is 1.35. The lowest BCUT2D eigenvalue weighted by Gasteiger charge is -2.27. The fourth-order valence-corrected chi connectivity index (χ4v) is 3.64. The van der Waals surface area contributed by atoms with Crippen LogP contribution in [0.2, 0.25) is 0 Å². The van der Waals surface area contributed by atoms with Gasteiger partial charge in [-0.05, 0) is 74.0 Å². The molecule has 0 bridgehead atoms. The van der Waals surface area contributed by atoms with Crippen molar-refractivity contribution in [2.45, 2.75) is 25.4 Å². The van der Waals surface area contributed by atoms with Gasteiger partial charge in [0.05, 0.1) is 17.9 Å². The molecule has 2 aromatic heterocycles. The van der Waals surface area contributed by atoms with Crippen LogP contribution in [-0.2, 0) is 0 Å². The van der Waals surface area contributed by atoms with E-state index in [2.05, 4.69) is 15.6 Å². The van der Waals surface area contributed by atoms with Crippen LogP contribution in [-0.4, -0.2) is 33.8 Å². The Morgan fingerprint density at radius 3 is 2.77 bits per heavy atom. The molecule has 0 aliphatic carbocycles. The highest BCUT2D eigenvalue weighted by molar-refractivity contribution is 5.64. The van der Waals surface area contributed by atoms with Crippen molar-refractivity contribution in [3.8, 4) is 17.0 Å². The van der Waals surface area contributed by atoms with Gasteiger partial charge in [-0.25, -0.2) is 13.9 Å². The van der Waals surface area contributed by atoms with Gasteiger partial charge < -0.3 is 15.4 Å². The van der Waals surface area contributed by atoms with Crippen LogP contribution in [0.15, 0.2) is 66.9 Å². The molecular weight excluding hydrogens is 393 g/mol. The summed E-state index contributed by atoms with van der Waals surface area (Å²) >= 11 is 0. The summed E-state index contributed by atoms with van der Waals surface area (Å²) in [7, 11) is 0. The summed E-state index contributed by atoms with van der Waals surface area (Å²) in [6.07, 6.45) is 2.98. The highest BCUT2D eigenvalue weighted by Crippen LogP contribution is 2.25. The fourth-order valence-electron chi connectivity index (χ4n) is 3.64. The zero-order valence-corrected chi connectivity index (χ0v) is 17.3. The number of benzene rings is 2. The molecular formula is C24H24FN5O. The molecule has 3 heterocycles. The van der Waals surface area contributed by atoms with Crippen LogP contribution in [0.1, 0.15) is 24.9 Å². The van der Waals surface area contributed by atoms with E-state index in [1.54, 1.807) is 6.07 Å². The molecule has 0 radical (unpaired) electrons. The molecule has 1 aliphatic heterocycles. The first kappa shape index (κ1) is 19.5. The van der Waals surface area contributed by atoms with Gasteiger partial charge >= 0.3 is 0 Å². The third-order valence-corrected chi connectivity index (χ3v) is 5.60. The Labute approximate surface area is 180 Å². The summed E-state index contributed by atoms with van der Waals surface area (Å²) in [4.78, 5) is 4.47. The minimum Gasteiger partial charge on any atom is -0.492 e. The largest absolute Gasteiger partial charge is 0.492 e. The van der Waals surface area contributed by atoms with Crippen molar-refractivity contribution in [1.82, 2.24) is 19.9 Å². The Hall–Kier alpha value is -3.45. The van der Waals surface area contributed by atoms with Gasteiger partial charge in [-0.1, -0.05) is 12.1 Å². The van der Waals surface area contributed by atoms with Gasteiger partial charge in [-0.2, -0.15) is 0 Å². The molecule has 6 nitrogen and oxygen atoms in total. The molecule has 0 spiro atoms. The number of fused-ring (bicyclic) bond motifs is 1. The molecule has 5 rings (SSSR count). The van der Waals surface area contributed by atoms with Gasteiger partial charge in [0.1, 0.15) is 24.0 Å². The summed E-state index contributed by atoms with van der Waals surface area (Å²) in [5.41, 5.74) is 3.52. The molecule has 1 saturated heterocycles. The second-order valence-electron chi connectivity index (χ2n) is 7.83. The van der Waals surface area contributed by atoms with Crippen molar-refractivity contribution in [2.24, 2.45) is 0 Å². The summed E-state index contributed by atoms with van der Waals surface area (Å²) in [6.45, 7) is 3.74. The van der Waals surface area contributed by atoms with Crippen molar-refractivity contribution >= 4 is 11.5 Å². The third-order valence-electron chi connectivity index (χ3n) is 5.60. The Morgan fingerprint density at radius 1 is 1.19 bits per heavy atom. The predicted molar refractivity (Wildman–Crippen MR) is 119 cm³/mol. The standard InChI is InChI=1S/C24H24FN5O/c1-16(18-3-2-4-19(25)13-18)28-23-9-10-24-27-14-22(30(24)29-23)17-5-7-21(8-6-17)31-15-20-11-12-26-20/h2-10,13-14,16,20,26H,11-12,15H2,1H3,(H,28,29)/t16-,20+/m1/s1. The lowest BCUT2D eigenvalue weighted by atomic mass is 10.1. The van der Waals surface area contributed by atoms with Crippen molar-refractivity contribution in [1.29, 1.82) is 0 Å². The number of imidazole rings is 1. The van der Waals surface area contributed by atoms with Crippen molar-refractivity contribution < 1.29 is 9.13 Å². The van der Waals surface area contributed by atoms with Gasteiger partial charge in [-0.3, -0.25) is 0 Å². The SMILES string of the molecule is C[C@@H](Nc1ccc2ncc(-c3ccc(OC[C@@H]4CCN4)cc3)n2n1)c1cccc(F)c1. The molecule has 0 amide bonds. The Kier molecular flexibility index (Phi) is 5.26. The average molecular weight is 417 g/mol. The number of anilines is 1. The van der Waals surface area contributed by atoms with E-state index in [0.29, 0.717) is 18.5 Å². The second kappa shape index (κ2) is 8.35. The van der Waals surface area contributed by atoms with Crippen LogP contribution < -0.4 is 15.4 Å². The molecule has 4 aromatic rings. The quantitative estimate of drug-likeness (QED) is 0.465. The van der Waals surface area contributed by atoms with Gasteiger partial charge in [0.15, 0.2) is 5.65 Å². The molecule has 1 aliphatic rings. The first-order valence-electron chi connectivity index (χ1n) is 10.5. The summed E-state index contributed by atoms with van der Waals surface area (Å²) < 4.78 is 21.2. The molecule has 158 valence electrons. The zero-order valence-electron chi connectivity index (χ0n) is 17.3. The third kappa shape index (κ3) is 4.22. The zero-order chi connectivity index (χ0) is 21.2. The van der Waals surface area contributed by atoms with Crippen LogP contribution in [0.3, 0.4) is 0 Å². The molecule has 31 heavy (non-hydrogen) atoms. The smallest absolute Gasteiger partial charge is 0.154 e. The summed E-state index contributed by atoms with van der Waals surface area (Å²) in [5, 5.41) is 11.4. The van der Waals surface area contributed by atoms with E-state index < -0.39 is 0 Å². The highest BCUT2D eigenvalue weighted by Gasteiger charge is 2.16. The van der Waals surface area contributed by atoms with Crippen LogP contribution in [0.4, 0.5) is 10.2 Å². The number of hydrogen-bond donors (Lipinski definition) is 2. The van der Waals surface area contributed by atoms with E-state index >= 15 is 0 Å². The molecule has 2 atom stereocenters. The Bertz CT molecular complexity index is 1190. The van der Waals surface area contributed by atoms with E-state index in [4.69, 9.17) is 9.84 Å². The lowest BCUT2D eigenvalue weighted by Crippen LogP contribution is -2.46. The topological polar surface area (TPSA) is 63.5 Å². The van der Waals surface area contributed by atoms with E-state index in [1.807, 2.05) is 60.1 Å². The van der Waals surface area contributed by atoms with E-state index in [0.717, 1.165) is 34.8 Å². The van der Waals surface area contributed by atoms with E-state index in [1.165, 1.54) is 18.6 Å². The number of rotatable bonds is 7. The van der Waals surface area contributed by atoms with E-state index in [-0.39, 0.29) is 11.9 Å². The fraction of sp³-hybridized carbons (Fsp3) is 0.250. The maximum Gasteiger partial charge on any atom is 0.154 e. The average Bonchev–Trinajstić information content (AvgIpc) is 3.16. The number of aromatic nitrogens is 3. The second-order valence-corrected chi connectivity index (χ2v) is 7.83. The molecule has 0 unspecified atom stereocenters. The molecule has 2 aromatic carbocycles. The summed E-state index contributed by atoms with van der Waals surface area (Å²) in [6, 6.07) is 18.7. The van der Waals surface area contributed by atoms with Crippen LogP contribution >= 0.6 is 0 Å². The monoisotopic (exact) mass is 417 g/mol. The molecule has 1 fully saturated rings.